The second-order valence-corrected chi connectivity index (χ2v) is 14.5. The Bertz CT molecular complexity index is 837. The third-order valence-electron chi connectivity index (χ3n) is 9.83. The number of hydrogen-bond acceptors (Lipinski definition) is 8. The van der Waals surface area contributed by atoms with Crippen molar-refractivity contribution in [3.63, 3.8) is 0 Å². The summed E-state index contributed by atoms with van der Waals surface area (Å²) in [6.45, 7) is 3.69. The van der Waals surface area contributed by atoms with Crippen molar-refractivity contribution in [2.24, 2.45) is 0 Å². The van der Waals surface area contributed by atoms with E-state index in [0.29, 0.717) is 6.42 Å². The van der Waals surface area contributed by atoms with E-state index in [1.54, 1.807) is 12.2 Å². The maximum absolute atomic E-state index is 12.9. The highest BCUT2D eigenvalue weighted by Gasteiger charge is 2.44. The lowest BCUT2D eigenvalue weighted by Crippen LogP contribution is -2.60. The fourth-order valence-electron chi connectivity index (χ4n) is 6.45. The van der Waals surface area contributed by atoms with Gasteiger partial charge in [-0.25, -0.2) is 0 Å². The number of rotatable bonds is 33. The zero-order valence-corrected chi connectivity index (χ0v) is 31.9. The summed E-state index contributed by atoms with van der Waals surface area (Å²) in [6, 6.07) is -0.830. The summed E-state index contributed by atoms with van der Waals surface area (Å²) in [7, 11) is 0. The highest BCUT2D eigenvalue weighted by molar-refractivity contribution is 5.76. The summed E-state index contributed by atoms with van der Waals surface area (Å²) < 4.78 is 11.1. The molecule has 50 heavy (non-hydrogen) atoms. The Hall–Kier alpha value is -1.33. The van der Waals surface area contributed by atoms with E-state index in [9.17, 15) is 30.3 Å². The molecule has 0 aliphatic carbocycles. The summed E-state index contributed by atoms with van der Waals surface area (Å²) in [5.74, 6) is -0.195. The summed E-state index contributed by atoms with van der Waals surface area (Å²) in [5, 5.41) is 53.8. The monoisotopic (exact) mass is 712 g/mol. The van der Waals surface area contributed by atoms with Crippen LogP contribution in [0.5, 0.6) is 0 Å². The summed E-state index contributed by atoms with van der Waals surface area (Å²) >= 11 is 0. The second kappa shape index (κ2) is 32.3. The van der Waals surface area contributed by atoms with Crippen LogP contribution in [0.1, 0.15) is 174 Å². The van der Waals surface area contributed by atoms with Gasteiger partial charge in [0.2, 0.25) is 5.91 Å². The molecule has 1 aliphatic heterocycles. The van der Waals surface area contributed by atoms with Crippen molar-refractivity contribution in [2.45, 2.75) is 217 Å². The number of carbonyl (C=O) groups excluding carboxylic acids is 1. The molecule has 0 spiro atoms. The Morgan fingerprint density at radius 2 is 1.16 bits per heavy atom. The van der Waals surface area contributed by atoms with Crippen LogP contribution in [0.2, 0.25) is 0 Å². The van der Waals surface area contributed by atoms with E-state index in [0.717, 1.165) is 32.1 Å². The van der Waals surface area contributed by atoms with Gasteiger partial charge in [-0.05, 0) is 19.3 Å². The molecular formula is C41H77NO8. The van der Waals surface area contributed by atoms with Crippen LogP contribution in [0.25, 0.3) is 0 Å². The van der Waals surface area contributed by atoms with Gasteiger partial charge in [0.25, 0.3) is 0 Å². The standard InChI is InChI=1S/C41H77NO8/c1-3-5-7-9-11-13-14-15-16-17-18-19-20-21-23-25-27-29-31-37(45)42-34(35(44)30-28-26-24-22-12-10-8-6-4-2)33-49-41-40(48)39(47)38(46)36(32-43)50-41/h24,26,28,30,34-36,38-41,43-44,46-48H,3-23,25,27,29,31-33H2,1-2H3,(H,42,45)/b26-24+,30-28+/t34-,35+,36-,38-,39?,40?,41-/m0/s1. The Morgan fingerprint density at radius 3 is 1.66 bits per heavy atom. The second-order valence-electron chi connectivity index (χ2n) is 14.5. The third-order valence-corrected chi connectivity index (χ3v) is 9.83. The molecule has 0 aromatic heterocycles. The summed E-state index contributed by atoms with van der Waals surface area (Å²) in [4.78, 5) is 12.9. The van der Waals surface area contributed by atoms with E-state index in [2.05, 4.69) is 25.2 Å². The first-order valence-corrected chi connectivity index (χ1v) is 20.6. The van der Waals surface area contributed by atoms with Crippen LogP contribution in [0.3, 0.4) is 0 Å². The van der Waals surface area contributed by atoms with Crippen molar-refractivity contribution in [1.82, 2.24) is 5.32 Å². The van der Waals surface area contributed by atoms with E-state index < -0.39 is 49.5 Å². The summed E-state index contributed by atoms with van der Waals surface area (Å²) in [6.07, 6.45) is 29.6. The van der Waals surface area contributed by atoms with Crippen molar-refractivity contribution in [1.29, 1.82) is 0 Å². The molecule has 1 saturated heterocycles. The first-order valence-electron chi connectivity index (χ1n) is 20.6. The maximum atomic E-state index is 12.9. The first-order chi connectivity index (χ1) is 24.3. The van der Waals surface area contributed by atoms with Gasteiger partial charge in [0.15, 0.2) is 6.29 Å². The molecule has 1 fully saturated rings. The molecule has 2 unspecified atom stereocenters. The molecule has 1 rings (SSSR count). The van der Waals surface area contributed by atoms with Crippen LogP contribution >= 0.6 is 0 Å². The van der Waals surface area contributed by atoms with Crippen LogP contribution in [-0.4, -0.2) is 87.5 Å². The SMILES string of the molecule is CCCCCCC/C=C/C=C/[C@@H](O)[C@H](CO[C@H]1O[C@@H](CO)[C@H](O)C(O)C1O)NC(=O)CCCCCCCCCCCCCCCCCCCC. The van der Waals surface area contributed by atoms with Gasteiger partial charge in [-0.1, -0.05) is 173 Å². The average molecular weight is 712 g/mol. The van der Waals surface area contributed by atoms with E-state index >= 15 is 0 Å². The van der Waals surface area contributed by atoms with Crippen molar-refractivity contribution in [3.05, 3.63) is 24.3 Å². The molecule has 0 aromatic carbocycles. The molecule has 6 N–H and O–H groups in total. The number of nitrogens with one attached hydrogen (secondary N) is 1. The van der Waals surface area contributed by atoms with Crippen LogP contribution < -0.4 is 5.32 Å². The fraction of sp³-hybridized carbons (Fsp3) is 0.878. The van der Waals surface area contributed by atoms with Crippen LogP contribution in [0, 0.1) is 0 Å². The molecular weight excluding hydrogens is 634 g/mol. The van der Waals surface area contributed by atoms with E-state index in [-0.39, 0.29) is 12.5 Å². The van der Waals surface area contributed by atoms with Crippen molar-refractivity contribution < 1.29 is 39.8 Å². The van der Waals surface area contributed by atoms with Crippen molar-refractivity contribution in [2.75, 3.05) is 13.2 Å². The number of allylic oxidation sites excluding steroid dienone is 3. The van der Waals surface area contributed by atoms with Gasteiger partial charge < -0.3 is 40.3 Å². The predicted molar refractivity (Wildman–Crippen MR) is 203 cm³/mol. The number of carbonyl (C=O) groups is 1. The number of ether oxygens (including phenoxy) is 2. The lowest BCUT2D eigenvalue weighted by molar-refractivity contribution is -0.302. The largest absolute Gasteiger partial charge is 0.394 e. The molecule has 0 bridgehead atoms. The number of aliphatic hydroxyl groups is 5. The smallest absolute Gasteiger partial charge is 0.220 e. The number of amides is 1. The van der Waals surface area contributed by atoms with Gasteiger partial charge in [-0.15, -0.1) is 0 Å². The zero-order valence-electron chi connectivity index (χ0n) is 31.9. The highest BCUT2D eigenvalue weighted by Crippen LogP contribution is 2.22. The lowest BCUT2D eigenvalue weighted by Gasteiger charge is -2.40. The quantitative estimate of drug-likeness (QED) is 0.0302. The molecule has 7 atom stereocenters. The topological polar surface area (TPSA) is 149 Å². The first kappa shape index (κ1) is 46.7. The Morgan fingerprint density at radius 1 is 0.680 bits per heavy atom. The third kappa shape index (κ3) is 23.3. The zero-order chi connectivity index (χ0) is 36.7. The molecule has 9 nitrogen and oxygen atoms in total. The van der Waals surface area contributed by atoms with Gasteiger partial charge in [0.05, 0.1) is 25.4 Å². The van der Waals surface area contributed by atoms with Gasteiger partial charge in [-0.3, -0.25) is 4.79 Å². The predicted octanol–water partition coefficient (Wildman–Crippen LogP) is 7.55. The van der Waals surface area contributed by atoms with Crippen LogP contribution in [0.15, 0.2) is 24.3 Å². The Balaban J connectivity index is 2.35. The molecule has 1 aliphatic rings. The lowest BCUT2D eigenvalue weighted by atomic mass is 9.99. The molecule has 0 aromatic rings. The number of aliphatic hydroxyl groups excluding tert-OH is 5. The minimum absolute atomic E-state index is 0.195. The number of hydrogen-bond donors (Lipinski definition) is 6. The van der Waals surface area contributed by atoms with E-state index in [4.69, 9.17) is 9.47 Å². The van der Waals surface area contributed by atoms with Crippen LogP contribution in [-0.2, 0) is 14.3 Å². The molecule has 0 radical (unpaired) electrons. The minimum atomic E-state index is -1.57. The molecule has 0 saturated carbocycles. The Labute approximate surface area is 305 Å². The highest BCUT2D eigenvalue weighted by atomic mass is 16.7. The fourth-order valence-corrected chi connectivity index (χ4v) is 6.45. The molecule has 294 valence electrons. The summed E-state index contributed by atoms with van der Waals surface area (Å²) in [5.41, 5.74) is 0. The molecule has 1 amide bonds. The van der Waals surface area contributed by atoms with Gasteiger partial charge in [0, 0.05) is 6.42 Å². The average Bonchev–Trinajstić information content (AvgIpc) is 3.11. The Kier molecular flexibility index (Phi) is 30.2. The van der Waals surface area contributed by atoms with Crippen molar-refractivity contribution >= 4 is 5.91 Å². The van der Waals surface area contributed by atoms with Gasteiger partial charge in [0.1, 0.15) is 24.4 Å². The van der Waals surface area contributed by atoms with Crippen LogP contribution in [0.4, 0.5) is 0 Å². The molecule has 9 heteroatoms. The number of unbranched alkanes of at least 4 members (excludes halogenated alkanes) is 22. The molecule has 1 heterocycles. The van der Waals surface area contributed by atoms with Gasteiger partial charge >= 0.3 is 0 Å². The van der Waals surface area contributed by atoms with Crippen molar-refractivity contribution in [3.8, 4) is 0 Å². The van der Waals surface area contributed by atoms with Gasteiger partial charge in [-0.2, -0.15) is 0 Å². The normalized spacial score (nSPS) is 22.4. The maximum Gasteiger partial charge on any atom is 0.220 e. The van der Waals surface area contributed by atoms with E-state index in [1.807, 2.05) is 6.08 Å². The minimum Gasteiger partial charge on any atom is -0.394 e. The van der Waals surface area contributed by atoms with E-state index in [1.165, 1.54) is 122 Å².